The summed E-state index contributed by atoms with van der Waals surface area (Å²) >= 11 is 1.72. The van der Waals surface area contributed by atoms with Crippen LogP contribution in [-0.4, -0.2) is 30.7 Å². The van der Waals surface area contributed by atoms with E-state index in [4.69, 9.17) is 15.2 Å². The van der Waals surface area contributed by atoms with Crippen molar-refractivity contribution in [2.24, 2.45) is 0 Å². The van der Waals surface area contributed by atoms with Crippen molar-refractivity contribution in [1.29, 1.82) is 0 Å². The highest BCUT2D eigenvalue weighted by molar-refractivity contribution is 8.00. The number of benzene rings is 1. The lowest BCUT2D eigenvalue weighted by atomic mass is 9.86. The van der Waals surface area contributed by atoms with E-state index in [0.717, 1.165) is 50.4 Å². The number of halogens is 1. The topological polar surface area (TPSA) is 44.5 Å². The summed E-state index contributed by atoms with van der Waals surface area (Å²) in [4.78, 5) is 0.914. The third-order valence-electron chi connectivity index (χ3n) is 4.05. The second-order valence-corrected chi connectivity index (χ2v) is 6.97. The molecule has 2 aliphatic rings. The maximum atomic E-state index is 13.4. The molecule has 0 radical (unpaired) electrons. The number of ether oxygens (including phenoxy) is 2. The van der Waals surface area contributed by atoms with Gasteiger partial charge in [0, 0.05) is 35.7 Å². The predicted molar refractivity (Wildman–Crippen MR) is 78.4 cm³/mol. The molecule has 1 atom stereocenters. The molecule has 1 aromatic carbocycles. The van der Waals surface area contributed by atoms with Gasteiger partial charge in [-0.1, -0.05) is 0 Å². The Labute approximate surface area is 123 Å². The summed E-state index contributed by atoms with van der Waals surface area (Å²) in [7, 11) is 0. The zero-order valence-electron chi connectivity index (χ0n) is 11.4. The average molecular weight is 297 g/mol. The molecule has 2 N–H and O–H groups in total. The average Bonchev–Trinajstić information content (AvgIpc) is 2.38. The molecule has 0 amide bonds. The third kappa shape index (κ3) is 3.27. The summed E-state index contributed by atoms with van der Waals surface area (Å²) in [6.07, 6.45) is 3.95. The Hall–Kier alpha value is -0.780. The number of nitrogen functional groups attached to an aromatic ring is 1. The van der Waals surface area contributed by atoms with Crippen LogP contribution in [0.2, 0.25) is 0 Å². The summed E-state index contributed by atoms with van der Waals surface area (Å²) < 4.78 is 24.9. The van der Waals surface area contributed by atoms with Gasteiger partial charge < -0.3 is 15.2 Å². The molecule has 110 valence electrons. The van der Waals surface area contributed by atoms with Gasteiger partial charge in [-0.3, -0.25) is 0 Å². The molecule has 2 fully saturated rings. The molecular weight excluding hydrogens is 277 g/mol. The molecule has 5 heteroatoms. The first-order valence-corrected chi connectivity index (χ1v) is 7.98. The maximum Gasteiger partial charge on any atom is 0.126 e. The summed E-state index contributed by atoms with van der Waals surface area (Å²) in [6, 6.07) is 4.76. The number of hydrogen-bond acceptors (Lipinski definition) is 4. The van der Waals surface area contributed by atoms with Crippen LogP contribution in [0.4, 0.5) is 10.1 Å². The lowest BCUT2D eigenvalue weighted by Crippen LogP contribution is -2.45. The number of nitrogens with two attached hydrogens (primary N) is 1. The van der Waals surface area contributed by atoms with E-state index in [2.05, 4.69) is 0 Å². The lowest BCUT2D eigenvalue weighted by Gasteiger charge is -2.43. The molecule has 2 aliphatic heterocycles. The molecule has 1 aromatic rings. The van der Waals surface area contributed by atoms with Gasteiger partial charge in [-0.05, 0) is 43.9 Å². The van der Waals surface area contributed by atoms with E-state index in [0.29, 0.717) is 10.9 Å². The zero-order valence-corrected chi connectivity index (χ0v) is 12.3. The minimum absolute atomic E-state index is 0.0208. The fraction of sp³-hybridized carbons (Fsp3) is 0.600. The van der Waals surface area contributed by atoms with Crippen molar-refractivity contribution < 1.29 is 13.9 Å². The van der Waals surface area contributed by atoms with Crippen LogP contribution in [0.3, 0.4) is 0 Å². The Morgan fingerprint density at radius 2 is 2.00 bits per heavy atom. The van der Waals surface area contributed by atoms with Gasteiger partial charge in [0.25, 0.3) is 0 Å². The Kier molecular flexibility index (Phi) is 4.19. The smallest absolute Gasteiger partial charge is 0.126 e. The van der Waals surface area contributed by atoms with E-state index < -0.39 is 0 Å². The van der Waals surface area contributed by atoms with E-state index in [-0.39, 0.29) is 11.4 Å². The van der Waals surface area contributed by atoms with Gasteiger partial charge in [-0.2, -0.15) is 0 Å². The van der Waals surface area contributed by atoms with E-state index >= 15 is 0 Å². The first kappa shape index (κ1) is 14.2. The van der Waals surface area contributed by atoms with Crippen LogP contribution in [0.5, 0.6) is 0 Å². The SMILES string of the molecule is Nc1cc(F)cc(SC2CCOC3(CCOCC3)C2)c1. The van der Waals surface area contributed by atoms with Gasteiger partial charge in [0.2, 0.25) is 0 Å². The van der Waals surface area contributed by atoms with Crippen LogP contribution >= 0.6 is 11.8 Å². The van der Waals surface area contributed by atoms with Crippen molar-refractivity contribution in [3.8, 4) is 0 Å². The van der Waals surface area contributed by atoms with Crippen molar-refractivity contribution >= 4 is 17.4 Å². The number of hydrogen-bond donors (Lipinski definition) is 1. The van der Waals surface area contributed by atoms with E-state index in [1.54, 1.807) is 17.8 Å². The molecule has 0 aromatic heterocycles. The molecule has 1 spiro atoms. The van der Waals surface area contributed by atoms with Crippen LogP contribution in [-0.2, 0) is 9.47 Å². The molecular formula is C15H20FNO2S. The normalized spacial score (nSPS) is 25.8. The largest absolute Gasteiger partial charge is 0.399 e. The van der Waals surface area contributed by atoms with Gasteiger partial charge in [-0.15, -0.1) is 11.8 Å². The first-order valence-electron chi connectivity index (χ1n) is 7.10. The molecule has 1 unspecified atom stereocenters. The molecule has 0 saturated carbocycles. The first-order chi connectivity index (χ1) is 9.65. The molecule has 3 nitrogen and oxygen atoms in total. The standard InChI is InChI=1S/C15H20FNO2S/c16-11-7-12(17)9-14(8-11)20-13-1-4-19-15(10-13)2-5-18-6-3-15/h7-9,13H,1-6,10,17H2. The highest BCUT2D eigenvalue weighted by Gasteiger charge is 2.39. The van der Waals surface area contributed by atoms with Crippen LogP contribution < -0.4 is 5.73 Å². The highest BCUT2D eigenvalue weighted by atomic mass is 32.2. The van der Waals surface area contributed by atoms with Gasteiger partial charge >= 0.3 is 0 Å². The van der Waals surface area contributed by atoms with Crippen molar-refractivity contribution in [3.05, 3.63) is 24.0 Å². The monoisotopic (exact) mass is 297 g/mol. The number of thioether (sulfide) groups is 1. The summed E-state index contributed by atoms with van der Waals surface area (Å²) in [6.45, 7) is 2.34. The minimum Gasteiger partial charge on any atom is -0.399 e. The maximum absolute atomic E-state index is 13.4. The van der Waals surface area contributed by atoms with Crippen LogP contribution in [0.25, 0.3) is 0 Å². The second kappa shape index (κ2) is 5.92. The molecule has 2 saturated heterocycles. The lowest BCUT2D eigenvalue weighted by molar-refractivity contribution is -0.131. The molecule has 20 heavy (non-hydrogen) atoms. The number of rotatable bonds is 2. The quantitative estimate of drug-likeness (QED) is 0.851. The van der Waals surface area contributed by atoms with Crippen molar-refractivity contribution in [2.45, 2.75) is 41.4 Å². The van der Waals surface area contributed by atoms with Crippen molar-refractivity contribution in [3.63, 3.8) is 0 Å². The summed E-state index contributed by atoms with van der Waals surface area (Å²) in [5.41, 5.74) is 6.17. The van der Waals surface area contributed by atoms with Crippen LogP contribution in [0.15, 0.2) is 23.1 Å². The van der Waals surface area contributed by atoms with Gasteiger partial charge in [0.15, 0.2) is 0 Å². The zero-order chi connectivity index (χ0) is 14.0. The van der Waals surface area contributed by atoms with Gasteiger partial charge in [0.05, 0.1) is 5.60 Å². The minimum atomic E-state index is -0.264. The summed E-state index contributed by atoms with van der Waals surface area (Å²) in [5, 5.41) is 0.461. The van der Waals surface area contributed by atoms with Crippen LogP contribution in [0.1, 0.15) is 25.7 Å². The van der Waals surface area contributed by atoms with Crippen LogP contribution in [0, 0.1) is 5.82 Å². The molecule has 3 rings (SSSR count). The number of anilines is 1. The van der Waals surface area contributed by atoms with E-state index in [1.165, 1.54) is 6.07 Å². The van der Waals surface area contributed by atoms with Gasteiger partial charge in [0.1, 0.15) is 5.82 Å². The Morgan fingerprint density at radius 3 is 2.75 bits per heavy atom. The predicted octanol–water partition coefficient (Wildman–Crippen LogP) is 3.23. The molecule has 0 bridgehead atoms. The fourth-order valence-electron chi connectivity index (χ4n) is 3.02. The van der Waals surface area contributed by atoms with E-state index in [9.17, 15) is 4.39 Å². The Bertz CT molecular complexity index is 451. The third-order valence-corrected chi connectivity index (χ3v) is 5.29. The highest BCUT2D eigenvalue weighted by Crippen LogP contribution is 2.41. The van der Waals surface area contributed by atoms with Crippen molar-refractivity contribution in [2.75, 3.05) is 25.6 Å². The molecule has 0 aliphatic carbocycles. The summed E-state index contributed by atoms with van der Waals surface area (Å²) in [5.74, 6) is -0.264. The second-order valence-electron chi connectivity index (χ2n) is 5.60. The Balaban J connectivity index is 1.67. The molecule has 2 heterocycles. The van der Waals surface area contributed by atoms with Gasteiger partial charge in [-0.25, -0.2) is 4.39 Å². The van der Waals surface area contributed by atoms with Crippen molar-refractivity contribution in [1.82, 2.24) is 0 Å². The fourth-order valence-corrected chi connectivity index (χ4v) is 4.39. The Morgan fingerprint density at radius 1 is 1.20 bits per heavy atom. The van der Waals surface area contributed by atoms with E-state index in [1.807, 2.05) is 6.07 Å².